The van der Waals surface area contributed by atoms with Crippen molar-refractivity contribution >= 4 is 27.0 Å². The Morgan fingerprint density at radius 3 is 2.69 bits per heavy atom. The second kappa shape index (κ2) is 4.64. The zero-order chi connectivity index (χ0) is 11.8. The lowest BCUT2D eigenvalue weighted by Gasteiger charge is -2.16. The van der Waals surface area contributed by atoms with E-state index in [0.717, 1.165) is 31.0 Å². The number of ether oxygens (including phenoxy) is 1. The summed E-state index contributed by atoms with van der Waals surface area (Å²) in [5, 5.41) is -0.00384. The van der Waals surface area contributed by atoms with Crippen molar-refractivity contribution in [3.63, 3.8) is 0 Å². The molecule has 0 saturated carbocycles. The van der Waals surface area contributed by atoms with E-state index in [4.69, 9.17) is 9.29 Å². The molecule has 3 atom stereocenters. The van der Waals surface area contributed by atoms with Crippen molar-refractivity contribution < 1.29 is 22.5 Å². The summed E-state index contributed by atoms with van der Waals surface area (Å²) in [6, 6.07) is 0. The van der Waals surface area contributed by atoms with Gasteiger partial charge in [0.2, 0.25) is 0 Å². The van der Waals surface area contributed by atoms with E-state index < -0.39 is 10.1 Å². The van der Waals surface area contributed by atoms with Crippen LogP contribution in [0.2, 0.25) is 0 Å². The first kappa shape index (κ1) is 12.3. The molecule has 16 heavy (non-hydrogen) atoms. The maximum absolute atomic E-state index is 11.7. The molecule has 2 fully saturated rings. The van der Waals surface area contributed by atoms with E-state index in [-0.39, 0.29) is 34.7 Å². The molecule has 0 spiro atoms. The SMILES string of the molecule is O=C(SCCS(=O)(=O)O)C1CC2CCC1O2. The molecule has 2 saturated heterocycles. The molecule has 2 bridgehead atoms. The van der Waals surface area contributed by atoms with Crippen LogP contribution in [-0.2, 0) is 19.6 Å². The highest BCUT2D eigenvalue weighted by Gasteiger charge is 2.44. The summed E-state index contributed by atoms with van der Waals surface area (Å²) >= 11 is 0.982. The number of fused-ring (bicyclic) bond motifs is 2. The minimum absolute atomic E-state index is 0.00384. The Hall–Kier alpha value is -0.110. The molecule has 0 aromatic carbocycles. The van der Waals surface area contributed by atoms with Crippen LogP contribution in [0, 0.1) is 5.92 Å². The topological polar surface area (TPSA) is 80.7 Å². The molecule has 7 heteroatoms. The first-order valence-corrected chi connectivity index (χ1v) is 7.82. The van der Waals surface area contributed by atoms with Crippen LogP contribution >= 0.6 is 11.8 Å². The molecule has 2 rings (SSSR count). The molecule has 0 aromatic heterocycles. The second-order valence-corrected chi connectivity index (χ2v) is 6.84. The summed E-state index contributed by atoms with van der Waals surface area (Å²) < 4.78 is 35.0. The molecule has 2 aliphatic rings. The third kappa shape index (κ3) is 2.97. The second-order valence-electron chi connectivity index (χ2n) is 4.17. The summed E-state index contributed by atoms with van der Waals surface area (Å²) in [5.41, 5.74) is 0. The summed E-state index contributed by atoms with van der Waals surface area (Å²) in [6.45, 7) is 0. The van der Waals surface area contributed by atoms with Crippen molar-refractivity contribution in [3.05, 3.63) is 0 Å². The van der Waals surface area contributed by atoms with Gasteiger partial charge in [0, 0.05) is 5.75 Å². The van der Waals surface area contributed by atoms with Crippen molar-refractivity contribution in [1.29, 1.82) is 0 Å². The van der Waals surface area contributed by atoms with Crippen molar-refractivity contribution in [2.45, 2.75) is 31.5 Å². The Morgan fingerprint density at radius 2 is 2.19 bits per heavy atom. The number of carbonyl (C=O) groups excluding carboxylic acids is 1. The highest BCUT2D eigenvalue weighted by molar-refractivity contribution is 8.14. The van der Waals surface area contributed by atoms with E-state index >= 15 is 0 Å². The van der Waals surface area contributed by atoms with Crippen LogP contribution in [0.25, 0.3) is 0 Å². The predicted octanol–water partition coefficient (Wildman–Crippen LogP) is 0.702. The lowest BCUT2D eigenvalue weighted by atomic mass is 9.90. The third-order valence-electron chi connectivity index (χ3n) is 2.99. The molecule has 0 aromatic rings. The third-order valence-corrected chi connectivity index (χ3v) is 4.97. The summed E-state index contributed by atoms with van der Waals surface area (Å²) in [5.74, 6) is -0.332. The van der Waals surface area contributed by atoms with Crippen LogP contribution in [0.1, 0.15) is 19.3 Å². The highest BCUT2D eigenvalue weighted by atomic mass is 32.2. The van der Waals surface area contributed by atoms with Crippen LogP contribution in [0.4, 0.5) is 0 Å². The summed E-state index contributed by atoms with van der Waals surface area (Å²) in [7, 11) is -3.96. The Labute approximate surface area is 98.7 Å². The standard InChI is InChI=1S/C9H14O5S2/c10-9(15-3-4-16(11,12)13)7-5-6-1-2-8(7)14-6/h6-8H,1-5H2,(H,11,12,13). The largest absolute Gasteiger partial charge is 0.374 e. The predicted molar refractivity (Wildman–Crippen MR) is 59.9 cm³/mol. The van der Waals surface area contributed by atoms with E-state index in [1.54, 1.807) is 0 Å². The number of thioether (sulfide) groups is 1. The van der Waals surface area contributed by atoms with Gasteiger partial charge in [-0.05, 0) is 19.3 Å². The first-order valence-electron chi connectivity index (χ1n) is 5.23. The molecule has 0 radical (unpaired) electrons. The number of carbonyl (C=O) groups is 1. The maximum Gasteiger partial charge on any atom is 0.265 e. The van der Waals surface area contributed by atoms with Gasteiger partial charge in [-0.1, -0.05) is 11.8 Å². The fourth-order valence-electron chi connectivity index (χ4n) is 2.24. The van der Waals surface area contributed by atoms with Crippen LogP contribution in [0.15, 0.2) is 0 Å². The molecular formula is C9H14O5S2. The van der Waals surface area contributed by atoms with Gasteiger partial charge in [0.25, 0.3) is 10.1 Å². The molecule has 3 unspecified atom stereocenters. The minimum Gasteiger partial charge on any atom is -0.374 e. The van der Waals surface area contributed by atoms with Gasteiger partial charge in [0.05, 0.1) is 23.9 Å². The molecule has 92 valence electrons. The van der Waals surface area contributed by atoms with E-state index in [1.165, 1.54) is 0 Å². The van der Waals surface area contributed by atoms with E-state index in [0.29, 0.717) is 0 Å². The van der Waals surface area contributed by atoms with Gasteiger partial charge >= 0.3 is 0 Å². The summed E-state index contributed by atoms with van der Waals surface area (Å²) in [6.07, 6.45) is 2.99. The quantitative estimate of drug-likeness (QED) is 0.754. The Balaban J connectivity index is 1.77. The Kier molecular flexibility index (Phi) is 3.58. The minimum atomic E-state index is -3.96. The average Bonchev–Trinajstić information content (AvgIpc) is 2.76. The first-order chi connectivity index (χ1) is 7.46. The zero-order valence-electron chi connectivity index (χ0n) is 8.66. The lowest BCUT2D eigenvalue weighted by Crippen LogP contribution is -2.24. The van der Waals surface area contributed by atoms with E-state index in [1.807, 2.05) is 0 Å². The van der Waals surface area contributed by atoms with Gasteiger partial charge in [0.1, 0.15) is 0 Å². The van der Waals surface area contributed by atoms with Crippen molar-refractivity contribution in [3.8, 4) is 0 Å². The van der Waals surface area contributed by atoms with Gasteiger partial charge in [-0.3, -0.25) is 9.35 Å². The van der Waals surface area contributed by atoms with E-state index in [9.17, 15) is 13.2 Å². The molecular weight excluding hydrogens is 252 g/mol. The molecule has 0 amide bonds. The summed E-state index contributed by atoms with van der Waals surface area (Å²) in [4.78, 5) is 11.7. The van der Waals surface area contributed by atoms with Crippen LogP contribution in [-0.4, -0.2) is 41.8 Å². The van der Waals surface area contributed by atoms with Crippen molar-refractivity contribution in [2.24, 2.45) is 5.92 Å². The number of rotatable bonds is 4. The number of hydrogen-bond donors (Lipinski definition) is 1. The van der Waals surface area contributed by atoms with Crippen molar-refractivity contribution in [2.75, 3.05) is 11.5 Å². The fourth-order valence-corrected chi connectivity index (χ4v) is 4.08. The fraction of sp³-hybridized carbons (Fsp3) is 0.889. The van der Waals surface area contributed by atoms with Crippen LogP contribution < -0.4 is 0 Å². The maximum atomic E-state index is 11.7. The van der Waals surface area contributed by atoms with Crippen LogP contribution in [0.3, 0.4) is 0 Å². The van der Waals surface area contributed by atoms with Gasteiger partial charge in [-0.15, -0.1) is 0 Å². The average molecular weight is 266 g/mol. The highest BCUT2D eigenvalue weighted by Crippen LogP contribution is 2.40. The monoisotopic (exact) mass is 266 g/mol. The molecule has 0 aliphatic carbocycles. The number of hydrogen-bond acceptors (Lipinski definition) is 5. The molecule has 2 aliphatic heterocycles. The normalized spacial score (nSPS) is 33.2. The molecule has 2 heterocycles. The molecule has 5 nitrogen and oxygen atoms in total. The Bertz CT molecular complexity index is 377. The van der Waals surface area contributed by atoms with Crippen LogP contribution in [0.5, 0.6) is 0 Å². The zero-order valence-corrected chi connectivity index (χ0v) is 10.3. The van der Waals surface area contributed by atoms with Gasteiger partial charge in [-0.2, -0.15) is 8.42 Å². The van der Waals surface area contributed by atoms with E-state index in [2.05, 4.69) is 0 Å². The van der Waals surface area contributed by atoms with Crippen molar-refractivity contribution in [1.82, 2.24) is 0 Å². The molecule has 1 N–H and O–H groups in total. The Morgan fingerprint density at radius 1 is 1.44 bits per heavy atom. The smallest absolute Gasteiger partial charge is 0.265 e. The van der Waals surface area contributed by atoms with Gasteiger partial charge < -0.3 is 4.74 Å². The van der Waals surface area contributed by atoms with Gasteiger partial charge in [0.15, 0.2) is 5.12 Å². The van der Waals surface area contributed by atoms with Gasteiger partial charge in [-0.25, -0.2) is 0 Å². The lowest BCUT2D eigenvalue weighted by molar-refractivity contribution is -0.115.